The zero-order chi connectivity index (χ0) is 23.1. The summed E-state index contributed by atoms with van der Waals surface area (Å²) < 4.78 is 10.5. The first-order chi connectivity index (χ1) is 15.4. The second kappa shape index (κ2) is 10.8. The molecule has 1 aliphatic rings. The smallest absolute Gasteiger partial charge is 0.246 e. The summed E-state index contributed by atoms with van der Waals surface area (Å²) in [5.74, 6) is 1.26. The largest absolute Gasteiger partial charge is 0.497 e. The van der Waals surface area contributed by atoms with Gasteiger partial charge < -0.3 is 19.7 Å². The van der Waals surface area contributed by atoms with Gasteiger partial charge in [-0.15, -0.1) is 0 Å². The summed E-state index contributed by atoms with van der Waals surface area (Å²) >= 11 is 0. The number of amides is 2. The Morgan fingerprint density at radius 3 is 2.12 bits per heavy atom. The maximum Gasteiger partial charge on any atom is 0.246 e. The molecule has 2 amide bonds. The fourth-order valence-electron chi connectivity index (χ4n) is 3.72. The third-order valence-corrected chi connectivity index (χ3v) is 5.59. The third-order valence-electron chi connectivity index (χ3n) is 5.59. The monoisotopic (exact) mass is 437 g/mol. The second-order valence-corrected chi connectivity index (χ2v) is 7.90. The summed E-state index contributed by atoms with van der Waals surface area (Å²) in [6.07, 6.45) is 3.33. The summed E-state index contributed by atoms with van der Waals surface area (Å²) in [4.78, 5) is 29.0. The Morgan fingerprint density at radius 2 is 1.56 bits per heavy atom. The van der Waals surface area contributed by atoms with Gasteiger partial charge in [0.1, 0.15) is 11.5 Å². The van der Waals surface area contributed by atoms with Gasteiger partial charge in [0.05, 0.1) is 20.8 Å². The predicted octanol–water partition coefficient (Wildman–Crippen LogP) is 3.12. The van der Waals surface area contributed by atoms with Crippen molar-refractivity contribution in [2.24, 2.45) is 0 Å². The standard InChI is InChI=1S/C25H31N3O4/c1-18-6-5-7-19(2)25(18)26-23(29)17-27-10-12-28(13-11-27)24(30)9-8-20-14-21(31-3)16-22(15-20)32-4/h5-9,14-16H,10-13,17H2,1-4H3,(H,26,29)/b9-8+. The minimum atomic E-state index is -0.0496. The average Bonchev–Trinajstić information content (AvgIpc) is 2.80. The highest BCUT2D eigenvalue weighted by atomic mass is 16.5. The van der Waals surface area contributed by atoms with Gasteiger partial charge in [-0.3, -0.25) is 14.5 Å². The fraction of sp³-hybridized carbons (Fsp3) is 0.360. The molecular weight excluding hydrogens is 406 g/mol. The quantitative estimate of drug-likeness (QED) is 0.674. The lowest BCUT2D eigenvalue weighted by molar-refractivity contribution is -0.127. The molecule has 0 unspecified atom stereocenters. The van der Waals surface area contributed by atoms with Gasteiger partial charge in [-0.1, -0.05) is 18.2 Å². The molecule has 0 atom stereocenters. The molecule has 3 rings (SSSR count). The number of hydrogen-bond acceptors (Lipinski definition) is 5. The topological polar surface area (TPSA) is 71.1 Å². The summed E-state index contributed by atoms with van der Waals surface area (Å²) in [7, 11) is 3.19. The molecule has 0 aromatic heterocycles. The van der Waals surface area contributed by atoms with Crippen LogP contribution in [0.4, 0.5) is 5.69 Å². The van der Waals surface area contributed by atoms with E-state index < -0.39 is 0 Å². The molecule has 1 aliphatic heterocycles. The Morgan fingerprint density at radius 1 is 0.969 bits per heavy atom. The van der Waals surface area contributed by atoms with Gasteiger partial charge in [0.25, 0.3) is 0 Å². The van der Waals surface area contributed by atoms with Gasteiger partial charge in [-0.2, -0.15) is 0 Å². The number of benzene rings is 2. The van der Waals surface area contributed by atoms with Crippen LogP contribution in [0.3, 0.4) is 0 Å². The molecule has 1 heterocycles. The predicted molar refractivity (Wildman–Crippen MR) is 126 cm³/mol. The molecule has 0 aliphatic carbocycles. The van der Waals surface area contributed by atoms with Crippen LogP contribution >= 0.6 is 0 Å². The van der Waals surface area contributed by atoms with Crippen molar-refractivity contribution in [3.8, 4) is 11.5 Å². The van der Waals surface area contributed by atoms with Gasteiger partial charge in [-0.25, -0.2) is 0 Å². The van der Waals surface area contributed by atoms with Crippen molar-refractivity contribution >= 4 is 23.6 Å². The van der Waals surface area contributed by atoms with Gasteiger partial charge in [-0.05, 0) is 48.7 Å². The molecule has 0 saturated carbocycles. The van der Waals surface area contributed by atoms with E-state index >= 15 is 0 Å². The normalized spacial score (nSPS) is 14.4. The van der Waals surface area contributed by atoms with Crippen LogP contribution in [0.25, 0.3) is 6.08 Å². The second-order valence-electron chi connectivity index (χ2n) is 7.90. The van der Waals surface area contributed by atoms with E-state index in [2.05, 4.69) is 10.2 Å². The van der Waals surface area contributed by atoms with Gasteiger partial charge in [0.2, 0.25) is 11.8 Å². The van der Waals surface area contributed by atoms with Crippen molar-refractivity contribution in [1.29, 1.82) is 0 Å². The Balaban J connectivity index is 1.50. The summed E-state index contributed by atoms with van der Waals surface area (Å²) in [5, 5.41) is 3.02. The highest BCUT2D eigenvalue weighted by Crippen LogP contribution is 2.23. The molecule has 2 aromatic rings. The number of para-hydroxylation sites is 1. The van der Waals surface area contributed by atoms with Crippen LogP contribution in [0, 0.1) is 13.8 Å². The van der Waals surface area contributed by atoms with E-state index in [0.29, 0.717) is 44.2 Å². The molecule has 1 N–H and O–H groups in total. The van der Waals surface area contributed by atoms with Crippen molar-refractivity contribution in [3.63, 3.8) is 0 Å². The molecule has 0 radical (unpaired) electrons. The fourth-order valence-corrected chi connectivity index (χ4v) is 3.72. The van der Waals surface area contributed by atoms with Crippen LogP contribution in [0.1, 0.15) is 16.7 Å². The van der Waals surface area contributed by atoms with Crippen LogP contribution in [0.2, 0.25) is 0 Å². The summed E-state index contributed by atoms with van der Waals surface area (Å²) in [5.41, 5.74) is 3.81. The zero-order valence-corrected chi connectivity index (χ0v) is 19.2. The Kier molecular flexibility index (Phi) is 7.89. The van der Waals surface area contributed by atoms with Crippen molar-refractivity contribution in [1.82, 2.24) is 9.80 Å². The van der Waals surface area contributed by atoms with Crippen LogP contribution in [-0.2, 0) is 9.59 Å². The van der Waals surface area contributed by atoms with E-state index in [1.54, 1.807) is 37.3 Å². The van der Waals surface area contributed by atoms with E-state index in [-0.39, 0.29) is 11.8 Å². The first kappa shape index (κ1) is 23.3. The van der Waals surface area contributed by atoms with Crippen LogP contribution in [0.15, 0.2) is 42.5 Å². The number of anilines is 1. The van der Waals surface area contributed by atoms with Crippen molar-refractivity contribution < 1.29 is 19.1 Å². The highest BCUT2D eigenvalue weighted by molar-refractivity contribution is 5.94. The SMILES string of the molecule is COc1cc(/C=C/C(=O)N2CCN(CC(=O)Nc3c(C)cccc3C)CC2)cc(OC)c1. The molecule has 0 bridgehead atoms. The van der Waals surface area contributed by atoms with Crippen molar-refractivity contribution in [2.75, 3.05) is 52.3 Å². The molecule has 170 valence electrons. The lowest BCUT2D eigenvalue weighted by Gasteiger charge is -2.33. The Labute approximate surface area is 189 Å². The molecular formula is C25H31N3O4. The molecule has 7 heteroatoms. The molecule has 2 aromatic carbocycles. The maximum atomic E-state index is 12.6. The van der Waals surface area contributed by atoms with Crippen LogP contribution < -0.4 is 14.8 Å². The number of aryl methyl sites for hydroxylation is 2. The van der Waals surface area contributed by atoms with E-state index in [9.17, 15) is 9.59 Å². The number of hydrogen-bond donors (Lipinski definition) is 1. The van der Waals surface area contributed by atoms with Gasteiger partial charge in [0.15, 0.2) is 0 Å². The molecule has 1 fully saturated rings. The van der Waals surface area contributed by atoms with E-state index in [4.69, 9.17) is 9.47 Å². The van der Waals surface area contributed by atoms with E-state index in [1.165, 1.54) is 0 Å². The van der Waals surface area contributed by atoms with Crippen LogP contribution in [-0.4, -0.2) is 68.6 Å². The number of piperazine rings is 1. The maximum absolute atomic E-state index is 12.6. The van der Waals surface area contributed by atoms with Crippen molar-refractivity contribution in [2.45, 2.75) is 13.8 Å². The number of methoxy groups -OCH3 is 2. The van der Waals surface area contributed by atoms with Gasteiger partial charge >= 0.3 is 0 Å². The lowest BCUT2D eigenvalue weighted by Crippen LogP contribution is -2.50. The molecule has 1 saturated heterocycles. The Bertz CT molecular complexity index is 952. The third kappa shape index (κ3) is 6.11. The number of carbonyl (C=O) groups excluding carboxylic acids is 2. The van der Waals surface area contributed by atoms with E-state index in [0.717, 1.165) is 22.4 Å². The van der Waals surface area contributed by atoms with Crippen molar-refractivity contribution in [3.05, 3.63) is 59.2 Å². The summed E-state index contributed by atoms with van der Waals surface area (Å²) in [6, 6.07) is 11.4. The Hall–Kier alpha value is -3.32. The number of nitrogens with one attached hydrogen (secondary N) is 1. The lowest BCUT2D eigenvalue weighted by atomic mass is 10.1. The number of nitrogens with zero attached hydrogens (tertiary/aromatic N) is 2. The average molecular weight is 438 g/mol. The van der Waals surface area contributed by atoms with Crippen LogP contribution in [0.5, 0.6) is 11.5 Å². The molecule has 0 spiro atoms. The van der Waals surface area contributed by atoms with E-state index in [1.807, 2.05) is 44.2 Å². The molecule has 32 heavy (non-hydrogen) atoms. The highest BCUT2D eigenvalue weighted by Gasteiger charge is 2.21. The minimum absolute atomic E-state index is 0.0333. The molecule has 7 nitrogen and oxygen atoms in total. The number of carbonyl (C=O) groups is 2. The minimum Gasteiger partial charge on any atom is -0.497 e. The van der Waals surface area contributed by atoms with Gasteiger partial charge in [0, 0.05) is 44.0 Å². The number of ether oxygens (including phenoxy) is 2. The first-order valence-electron chi connectivity index (χ1n) is 10.7. The summed E-state index contributed by atoms with van der Waals surface area (Å²) in [6.45, 7) is 6.78. The number of rotatable bonds is 7. The zero-order valence-electron chi connectivity index (χ0n) is 19.2. The first-order valence-corrected chi connectivity index (χ1v) is 10.7.